The lowest BCUT2D eigenvalue weighted by Gasteiger charge is -2.03. The second-order valence-electron chi connectivity index (χ2n) is 2.51. The molecule has 0 radical (unpaired) electrons. The summed E-state index contributed by atoms with van der Waals surface area (Å²) >= 11 is 11.2. The van der Waals surface area contributed by atoms with Crippen LogP contribution >= 0.6 is 23.2 Å². The van der Waals surface area contributed by atoms with Crippen molar-refractivity contribution in [2.45, 2.75) is 0 Å². The molecule has 1 aromatic rings. The number of nitro benzene ring substituents is 1. The van der Waals surface area contributed by atoms with Gasteiger partial charge in [-0.15, -0.1) is 0 Å². The first-order valence-electron chi connectivity index (χ1n) is 3.69. The van der Waals surface area contributed by atoms with E-state index in [1.54, 1.807) is 0 Å². The molecule has 1 aromatic carbocycles. The van der Waals surface area contributed by atoms with Crippen LogP contribution in [0.25, 0.3) is 0 Å². The highest BCUT2D eigenvalue weighted by Crippen LogP contribution is 2.35. The number of rotatable bonds is 2. The molecular formula is C8H5Cl2NO4. The van der Waals surface area contributed by atoms with Gasteiger partial charge in [0, 0.05) is 0 Å². The van der Waals surface area contributed by atoms with E-state index < -0.39 is 16.6 Å². The Balaban J connectivity index is 3.41. The van der Waals surface area contributed by atoms with E-state index in [-0.39, 0.29) is 15.6 Å². The largest absolute Gasteiger partial charge is 0.465 e. The van der Waals surface area contributed by atoms with Gasteiger partial charge >= 0.3 is 11.7 Å². The predicted molar refractivity (Wildman–Crippen MR) is 54.5 cm³/mol. The van der Waals surface area contributed by atoms with Crippen LogP contribution in [-0.2, 0) is 4.74 Å². The number of esters is 1. The number of carbonyl (C=O) groups is 1. The minimum Gasteiger partial charge on any atom is -0.465 e. The molecule has 0 unspecified atom stereocenters. The molecule has 0 saturated heterocycles. The summed E-state index contributed by atoms with van der Waals surface area (Å²) in [5.41, 5.74) is -0.587. The van der Waals surface area contributed by atoms with Gasteiger partial charge in [0.25, 0.3) is 0 Å². The third-order valence-electron chi connectivity index (χ3n) is 1.65. The first-order valence-corrected chi connectivity index (χ1v) is 4.45. The van der Waals surface area contributed by atoms with Gasteiger partial charge < -0.3 is 4.74 Å². The summed E-state index contributed by atoms with van der Waals surface area (Å²) in [5, 5.41) is 10.1. The molecule has 0 atom stereocenters. The molecule has 1 rings (SSSR count). The standard InChI is InChI=1S/C8H5Cl2NO4/c1-15-8(12)4-2-3-5(9)7(6(4)10)11(13)14/h2-3H,1H3. The fourth-order valence-electron chi connectivity index (χ4n) is 0.976. The molecule has 0 aliphatic rings. The number of benzene rings is 1. The SMILES string of the molecule is COC(=O)c1ccc(Cl)c([N+](=O)[O-])c1Cl. The van der Waals surface area contributed by atoms with Crippen LogP contribution in [0.3, 0.4) is 0 Å². The van der Waals surface area contributed by atoms with Gasteiger partial charge in [-0.25, -0.2) is 4.79 Å². The average Bonchev–Trinajstić information content (AvgIpc) is 2.16. The quantitative estimate of drug-likeness (QED) is 0.459. The van der Waals surface area contributed by atoms with Crippen LogP contribution in [0, 0.1) is 10.1 Å². The number of methoxy groups -OCH3 is 1. The number of nitro groups is 1. The molecule has 15 heavy (non-hydrogen) atoms. The zero-order valence-electron chi connectivity index (χ0n) is 7.49. The molecular weight excluding hydrogens is 245 g/mol. The summed E-state index contributed by atoms with van der Waals surface area (Å²) in [6, 6.07) is 2.49. The number of ether oxygens (including phenoxy) is 1. The Labute approximate surface area is 94.7 Å². The average molecular weight is 250 g/mol. The van der Waals surface area contributed by atoms with Crippen LogP contribution in [0.4, 0.5) is 5.69 Å². The normalized spacial score (nSPS) is 9.80. The maximum atomic E-state index is 11.1. The lowest BCUT2D eigenvalue weighted by atomic mass is 10.2. The molecule has 0 aliphatic carbocycles. The van der Waals surface area contributed by atoms with Crippen molar-refractivity contribution in [2.75, 3.05) is 7.11 Å². The zero-order chi connectivity index (χ0) is 11.6. The number of halogens is 2. The Morgan fingerprint density at radius 3 is 2.53 bits per heavy atom. The summed E-state index contributed by atoms with van der Waals surface area (Å²) < 4.78 is 4.40. The first-order chi connectivity index (χ1) is 6.99. The first kappa shape index (κ1) is 11.7. The van der Waals surface area contributed by atoms with Crippen molar-refractivity contribution in [3.8, 4) is 0 Å². The second-order valence-corrected chi connectivity index (χ2v) is 3.29. The highest BCUT2D eigenvalue weighted by atomic mass is 35.5. The van der Waals surface area contributed by atoms with E-state index in [4.69, 9.17) is 23.2 Å². The van der Waals surface area contributed by atoms with E-state index in [9.17, 15) is 14.9 Å². The topological polar surface area (TPSA) is 69.4 Å². The Bertz CT molecular complexity index is 433. The van der Waals surface area contributed by atoms with E-state index in [1.165, 1.54) is 12.1 Å². The Kier molecular flexibility index (Phi) is 3.49. The van der Waals surface area contributed by atoms with Crippen LogP contribution in [0.15, 0.2) is 12.1 Å². The monoisotopic (exact) mass is 249 g/mol. The molecule has 0 amide bonds. The molecule has 0 spiro atoms. The molecule has 80 valence electrons. The fraction of sp³-hybridized carbons (Fsp3) is 0.125. The molecule has 0 saturated carbocycles. The molecule has 5 nitrogen and oxygen atoms in total. The summed E-state index contributed by atoms with van der Waals surface area (Å²) in [4.78, 5) is 21.0. The molecule has 0 aliphatic heterocycles. The van der Waals surface area contributed by atoms with Crippen molar-refractivity contribution in [3.05, 3.63) is 37.9 Å². The van der Waals surface area contributed by atoms with Crippen molar-refractivity contribution >= 4 is 34.9 Å². The molecule has 0 bridgehead atoms. The minimum absolute atomic E-state index is 0.0877. The van der Waals surface area contributed by atoms with Crippen molar-refractivity contribution in [1.82, 2.24) is 0 Å². The van der Waals surface area contributed by atoms with E-state index >= 15 is 0 Å². The van der Waals surface area contributed by atoms with Crippen molar-refractivity contribution < 1.29 is 14.5 Å². The molecule has 7 heteroatoms. The van der Waals surface area contributed by atoms with Crippen molar-refractivity contribution in [3.63, 3.8) is 0 Å². The minimum atomic E-state index is -0.753. The van der Waals surface area contributed by atoms with Crippen molar-refractivity contribution in [2.24, 2.45) is 0 Å². The highest BCUT2D eigenvalue weighted by Gasteiger charge is 2.24. The van der Waals surface area contributed by atoms with Gasteiger partial charge in [0.2, 0.25) is 0 Å². The lowest BCUT2D eigenvalue weighted by Crippen LogP contribution is -2.04. The van der Waals surface area contributed by atoms with E-state index in [0.717, 1.165) is 7.11 Å². The molecule has 0 aromatic heterocycles. The molecule has 0 heterocycles. The molecule has 0 fully saturated rings. The Morgan fingerprint density at radius 2 is 2.07 bits per heavy atom. The summed E-state index contributed by atoms with van der Waals surface area (Å²) in [6.07, 6.45) is 0. The van der Waals surface area contributed by atoms with Gasteiger partial charge in [0.05, 0.1) is 17.6 Å². The summed E-state index contributed by atoms with van der Waals surface area (Å²) in [6.45, 7) is 0. The maximum absolute atomic E-state index is 11.1. The van der Waals surface area contributed by atoms with Crippen molar-refractivity contribution in [1.29, 1.82) is 0 Å². The molecule has 0 N–H and O–H groups in total. The summed E-state index contributed by atoms with van der Waals surface area (Å²) in [5.74, 6) is -0.750. The number of carbonyl (C=O) groups excluding carboxylic acids is 1. The van der Waals surface area contributed by atoms with Gasteiger partial charge in [0.1, 0.15) is 10.0 Å². The Hall–Kier alpha value is -1.33. The Morgan fingerprint density at radius 1 is 1.47 bits per heavy atom. The maximum Gasteiger partial charge on any atom is 0.339 e. The van der Waals surface area contributed by atoms with E-state index in [2.05, 4.69) is 4.74 Å². The van der Waals surface area contributed by atoms with Gasteiger partial charge in [0.15, 0.2) is 0 Å². The third kappa shape index (κ3) is 2.19. The van der Waals surface area contributed by atoms with E-state index in [0.29, 0.717) is 0 Å². The highest BCUT2D eigenvalue weighted by molar-refractivity contribution is 6.40. The number of nitrogens with zero attached hydrogens (tertiary/aromatic N) is 1. The van der Waals surface area contributed by atoms with Gasteiger partial charge in [-0.05, 0) is 12.1 Å². The van der Waals surface area contributed by atoms with Gasteiger partial charge in [-0.3, -0.25) is 10.1 Å². The predicted octanol–water partition coefficient (Wildman–Crippen LogP) is 2.69. The van der Waals surface area contributed by atoms with Crippen LogP contribution in [0.1, 0.15) is 10.4 Å². The fourth-order valence-corrected chi connectivity index (χ4v) is 1.56. The smallest absolute Gasteiger partial charge is 0.339 e. The van der Waals surface area contributed by atoms with Crippen LogP contribution in [0.5, 0.6) is 0 Å². The number of hydrogen-bond acceptors (Lipinski definition) is 4. The van der Waals surface area contributed by atoms with Crippen LogP contribution in [0.2, 0.25) is 10.0 Å². The second kappa shape index (κ2) is 4.46. The van der Waals surface area contributed by atoms with E-state index in [1.807, 2.05) is 0 Å². The zero-order valence-corrected chi connectivity index (χ0v) is 9.00. The van der Waals surface area contributed by atoms with Crippen LogP contribution in [-0.4, -0.2) is 18.0 Å². The number of hydrogen-bond donors (Lipinski definition) is 0. The van der Waals surface area contributed by atoms with Gasteiger partial charge in [-0.1, -0.05) is 23.2 Å². The van der Waals surface area contributed by atoms with Crippen LogP contribution < -0.4 is 0 Å². The summed E-state index contributed by atoms with van der Waals surface area (Å²) in [7, 11) is 1.15. The van der Waals surface area contributed by atoms with Gasteiger partial charge in [-0.2, -0.15) is 0 Å². The lowest BCUT2D eigenvalue weighted by molar-refractivity contribution is -0.384. The third-order valence-corrected chi connectivity index (χ3v) is 2.34.